The van der Waals surface area contributed by atoms with Gasteiger partial charge < -0.3 is 19.6 Å². The molecule has 0 aromatic heterocycles. The van der Waals surface area contributed by atoms with Crippen LogP contribution >= 0.6 is 0 Å². The van der Waals surface area contributed by atoms with Crippen molar-refractivity contribution >= 4 is 17.8 Å². The summed E-state index contributed by atoms with van der Waals surface area (Å²) in [6.45, 7) is 2.30. The molecule has 1 N–H and O–H groups in total. The van der Waals surface area contributed by atoms with Gasteiger partial charge in [-0.05, 0) is 37.5 Å². The molecule has 0 bridgehead atoms. The molecule has 7 nitrogen and oxygen atoms in total. The minimum absolute atomic E-state index is 0.000611. The first-order chi connectivity index (χ1) is 12.4. The quantitative estimate of drug-likeness (QED) is 0.796. The SMILES string of the molecule is COc1ccc(CN2CC(C(=O)N(C3CC3)C(C)C(=O)O)CC2=O)cc1. The molecule has 7 heteroatoms. The standard InChI is InChI=1S/C19H24N2O5/c1-12(19(24)25)21(15-5-6-15)18(23)14-9-17(22)20(11-14)10-13-3-7-16(26-2)8-4-13/h3-4,7-8,12,14-15H,5-6,9-11H2,1-2H3,(H,24,25). The number of nitrogens with zero attached hydrogens (tertiary/aromatic N) is 2. The fourth-order valence-electron chi connectivity index (χ4n) is 3.41. The van der Waals surface area contributed by atoms with E-state index in [0.717, 1.165) is 24.2 Å². The van der Waals surface area contributed by atoms with Gasteiger partial charge >= 0.3 is 5.97 Å². The summed E-state index contributed by atoms with van der Waals surface area (Å²) in [5, 5.41) is 9.28. The number of benzene rings is 1. The summed E-state index contributed by atoms with van der Waals surface area (Å²) in [7, 11) is 1.60. The molecule has 26 heavy (non-hydrogen) atoms. The summed E-state index contributed by atoms with van der Waals surface area (Å²) >= 11 is 0. The second kappa shape index (κ2) is 7.35. The molecule has 1 saturated carbocycles. The lowest BCUT2D eigenvalue weighted by Crippen LogP contribution is -2.47. The van der Waals surface area contributed by atoms with Gasteiger partial charge in [0.25, 0.3) is 0 Å². The van der Waals surface area contributed by atoms with Crippen molar-refractivity contribution in [1.29, 1.82) is 0 Å². The van der Waals surface area contributed by atoms with Crippen LogP contribution in [0.1, 0.15) is 31.7 Å². The fraction of sp³-hybridized carbons (Fsp3) is 0.526. The number of carboxylic acids is 1. The van der Waals surface area contributed by atoms with Gasteiger partial charge in [0.2, 0.25) is 11.8 Å². The summed E-state index contributed by atoms with van der Waals surface area (Å²) in [6.07, 6.45) is 1.81. The molecule has 2 amide bonds. The van der Waals surface area contributed by atoms with Gasteiger partial charge in [-0.2, -0.15) is 0 Å². The van der Waals surface area contributed by atoms with E-state index >= 15 is 0 Å². The fourth-order valence-corrected chi connectivity index (χ4v) is 3.41. The van der Waals surface area contributed by atoms with Crippen molar-refractivity contribution in [3.05, 3.63) is 29.8 Å². The Balaban J connectivity index is 1.66. The Kier molecular flexibility index (Phi) is 5.15. The minimum atomic E-state index is -1.01. The minimum Gasteiger partial charge on any atom is -0.497 e. The van der Waals surface area contributed by atoms with E-state index in [0.29, 0.717) is 13.1 Å². The highest BCUT2D eigenvalue weighted by Gasteiger charge is 2.44. The predicted octanol–water partition coefficient (Wildman–Crippen LogP) is 1.51. The number of aliphatic carboxylic acids is 1. The first kappa shape index (κ1) is 18.2. The predicted molar refractivity (Wildman–Crippen MR) is 93.5 cm³/mol. The molecule has 1 aromatic carbocycles. The van der Waals surface area contributed by atoms with Crippen molar-refractivity contribution in [3.8, 4) is 5.75 Å². The van der Waals surface area contributed by atoms with Crippen LogP contribution in [0.5, 0.6) is 5.75 Å². The molecule has 2 atom stereocenters. The highest BCUT2D eigenvalue weighted by molar-refractivity contribution is 5.91. The van der Waals surface area contributed by atoms with Gasteiger partial charge in [-0.25, -0.2) is 4.79 Å². The van der Waals surface area contributed by atoms with Gasteiger partial charge in [0.15, 0.2) is 0 Å². The molecule has 1 aliphatic heterocycles. The third-order valence-corrected chi connectivity index (χ3v) is 5.07. The molecular formula is C19H24N2O5. The second-order valence-corrected chi connectivity index (χ2v) is 7.01. The molecule has 2 unspecified atom stereocenters. The van der Waals surface area contributed by atoms with E-state index in [1.807, 2.05) is 24.3 Å². The van der Waals surface area contributed by atoms with E-state index in [1.165, 1.54) is 11.8 Å². The molecule has 1 saturated heterocycles. The largest absolute Gasteiger partial charge is 0.497 e. The van der Waals surface area contributed by atoms with E-state index in [2.05, 4.69) is 0 Å². The van der Waals surface area contributed by atoms with Gasteiger partial charge in [-0.1, -0.05) is 12.1 Å². The maximum atomic E-state index is 12.9. The zero-order valence-corrected chi connectivity index (χ0v) is 15.1. The van der Waals surface area contributed by atoms with E-state index in [9.17, 15) is 19.5 Å². The van der Waals surface area contributed by atoms with Crippen molar-refractivity contribution < 1.29 is 24.2 Å². The van der Waals surface area contributed by atoms with Crippen molar-refractivity contribution in [1.82, 2.24) is 9.80 Å². The number of hydrogen-bond donors (Lipinski definition) is 1. The van der Waals surface area contributed by atoms with Gasteiger partial charge in [-0.15, -0.1) is 0 Å². The van der Waals surface area contributed by atoms with Gasteiger partial charge in [-0.3, -0.25) is 9.59 Å². The van der Waals surface area contributed by atoms with Crippen LogP contribution in [0.3, 0.4) is 0 Å². The van der Waals surface area contributed by atoms with Crippen molar-refractivity contribution in [2.24, 2.45) is 5.92 Å². The Morgan fingerprint density at radius 2 is 1.96 bits per heavy atom. The molecule has 3 rings (SSSR count). The van der Waals surface area contributed by atoms with Crippen LogP contribution in [-0.4, -0.2) is 58.4 Å². The van der Waals surface area contributed by atoms with Crippen molar-refractivity contribution in [2.45, 2.75) is 44.8 Å². The Bertz CT molecular complexity index is 698. The Morgan fingerprint density at radius 1 is 1.31 bits per heavy atom. The molecule has 0 radical (unpaired) electrons. The van der Waals surface area contributed by atoms with Crippen LogP contribution in [0.15, 0.2) is 24.3 Å². The monoisotopic (exact) mass is 360 g/mol. The van der Waals surface area contributed by atoms with Gasteiger partial charge in [0.05, 0.1) is 13.0 Å². The highest BCUT2D eigenvalue weighted by Crippen LogP contribution is 2.32. The van der Waals surface area contributed by atoms with Gasteiger partial charge in [0.1, 0.15) is 11.8 Å². The molecule has 2 fully saturated rings. The first-order valence-electron chi connectivity index (χ1n) is 8.86. The maximum absolute atomic E-state index is 12.9. The average Bonchev–Trinajstić information content (AvgIpc) is 3.39. The molecule has 1 aliphatic carbocycles. The molecule has 1 heterocycles. The van der Waals surface area contributed by atoms with E-state index in [4.69, 9.17) is 4.74 Å². The van der Waals surface area contributed by atoms with Gasteiger partial charge in [0, 0.05) is 25.6 Å². The van der Waals surface area contributed by atoms with Crippen LogP contribution in [0.25, 0.3) is 0 Å². The summed E-state index contributed by atoms with van der Waals surface area (Å²) in [5.41, 5.74) is 0.963. The molecule has 140 valence electrons. The smallest absolute Gasteiger partial charge is 0.326 e. The summed E-state index contributed by atoms with van der Waals surface area (Å²) in [4.78, 5) is 39.7. The van der Waals surface area contributed by atoms with Crippen LogP contribution < -0.4 is 4.74 Å². The van der Waals surface area contributed by atoms with Crippen LogP contribution in [-0.2, 0) is 20.9 Å². The number of carbonyl (C=O) groups is 3. The summed E-state index contributed by atoms with van der Waals surface area (Å²) in [6, 6.07) is 6.60. The lowest BCUT2D eigenvalue weighted by atomic mass is 10.1. The molecular weight excluding hydrogens is 336 g/mol. The lowest BCUT2D eigenvalue weighted by Gasteiger charge is -2.29. The Labute approximate surface area is 152 Å². The topological polar surface area (TPSA) is 87.2 Å². The number of likely N-dealkylation sites (tertiary alicyclic amines) is 1. The number of hydrogen-bond acceptors (Lipinski definition) is 4. The van der Waals surface area contributed by atoms with E-state index < -0.39 is 17.9 Å². The second-order valence-electron chi connectivity index (χ2n) is 7.01. The number of carboxylic acid groups (broad SMARTS) is 1. The number of ether oxygens (including phenoxy) is 1. The van der Waals surface area contributed by atoms with Crippen LogP contribution in [0, 0.1) is 5.92 Å². The zero-order valence-electron chi connectivity index (χ0n) is 15.1. The first-order valence-corrected chi connectivity index (χ1v) is 8.86. The highest BCUT2D eigenvalue weighted by atomic mass is 16.5. The van der Waals surface area contributed by atoms with Crippen molar-refractivity contribution in [3.63, 3.8) is 0 Å². The molecule has 1 aromatic rings. The third kappa shape index (κ3) is 3.81. The zero-order chi connectivity index (χ0) is 18.8. The number of carbonyl (C=O) groups excluding carboxylic acids is 2. The molecule has 2 aliphatic rings. The van der Waals surface area contributed by atoms with E-state index in [-0.39, 0.29) is 24.3 Å². The summed E-state index contributed by atoms with van der Waals surface area (Å²) < 4.78 is 5.13. The van der Waals surface area contributed by atoms with Crippen molar-refractivity contribution in [2.75, 3.05) is 13.7 Å². The van der Waals surface area contributed by atoms with Crippen LogP contribution in [0.2, 0.25) is 0 Å². The number of amides is 2. The lowest BCUT2D eigenvalue weighted by molar-refractivity contribution is -0.151. The van der Waals surface area contributed by atoms with Crippen LogP contribution in [0.4, 0.5) is 0 Å². The normalized spacial score (nSPS) is 20.8. The maximum Gasteiger partial charge on any atom is 0.326 e. The third-order valence-electron chi connectivity index (χ3n) is 5.07. The summed E-state index contributed by atoms with van der Waals surface area (Å²) in [5.74, 6) is -1.02. The Morgan fingerprint density at radius 3 is 2.50 bits per heavy atom. The number of methoxy groups -OCH3 is 1. The molecule has 0 spiro atoms. The van der Waals surface area contributed by atoms with E-state index in [1.54, 1.807) is 12.0 Å². The Hall–Kier alpha value is -2.57. The number of rotatable bonds is 7. The average molecular weight is 360 g/mol.